The number of nitrogens with two attached hydrogens (primary N) is 1. The van der Waals surface area contributed by atoms with Gasteiger partial charge in [-0.3, -0.25) is 9.55 Å². The molecule has 0 aliphatic carbocycles. The van der Waals surface area contributed by atoms with Crippen LogP contribution in [0.25, 0.3) is 11.2 Å². The van der Waals surface area contributed by atoms with Crippen LogP contribution >= 0.6 is 0 Å². The van der Waals surface area contributed by atoms with E-state index < -0.39 is 0 Å². The number of H-pyrrole nitrogens is 1. The average Bonchev–Trinajstić information content (AvgIpc) is 2.56. The lowest BCUT2D eigenvalue weighted by Gasteiger charge is -2.24. The smallest absolute Gasteiger partial charge is 0.328 e. The molecule has 0 fully saturated rings. The Bertz CT molecular complexity index is 580. The van der Waals surface area contributed by atoms with Crippen molar-refractivity contribution in [3.8, 4) is 0 Å². The van der Waals surface area contributed by atoms with E-state index in [0.717, 1.165) is 6.42 Å². The Morgan fingerprint density at radius 1 is 1.50 bits per heavy atom. The summed E-state index contributed by atoms with van der Waals surface area (Å²) in [6.07, 6.45) is 2.16. The fraction of sp³-hybridized carbons (Fsp3) is 0.500. The topological polar surface area (TPSA) is 89.6 Å². The van der Waals surface area contributed by atoms with Crippen LogP contribution in [0, 0.1) is 0 Å². The molecule has 0 atom stereocenters. The molecule has 0 saturated heterocycles. The van der Waals surface area contributed by atoms with Crippen molar-refractivity contribution >= 4 is 17.0 Å². The van der Waals surface area contributed by atoms with E-state index >= 15 is 0 Å². The van der Waals surface area contributed by atoms with E-state index in [4.69, 9.17) is 5.73 Å². The highest BCUT2D eigenvalue weighted by Crippen LogP contribution is 2.24. The summed E-state index contributed by atoms with van der Waals surface area (Å²) in [5.74, 6) is 0.324. The van der Waals surface area contributed by atoms with Crippen molar-refractivity contribution in [2.75, 3.05) is 5.73 Å². The maximum Gasteiger partial charge on any atom is 0.328 e. The van der Waals surface area contributed by atoms with Gasteiger partial charge in [0.1, 0.15) is 11.8 Å². The fourth-order valence-corrected chi connectivity index (χ4v) is 1.70. The second-order valence-corrected chi connectivity index (χ2v) is 4.39. The van der Waals surface area contributed by atoms with Crippen molar-refractivity contribution in [2.24, 2.45) is 0 Å². The van der Waals surface area contributed by atoms with Crippen LogP contribution in [0.2, 0.25) is 0 Å². The van der Waals surface area contributed by atoms with Crippen LogP contribution in [0.1, 0.15) is 27.2 Å². The molecule has 2 aromatic rings. The van der Waals surface area contributed by atoms with Gasteiger partial charge in [0.2, 0.25) is 0 Å². The number of aromatic amines is 1. The summed E-state index contributed by atoms with van der Waals surface area (Å²) in [6, 6.07) is 0. The van der Waals surface area contributed by atoms with Gasteiger partial charge in [0.05, 0.1) is 0 Å². The van der Waals surface area contributed by atoms with Crippen molar-refractivity contribution in [3.63, 3.8) is 0 Å². The normalized spacial score (nSPS) is 12.2. The number of nitrogen functional groups attached to an aromatic ring is 1. The quantitative estimate of drug-likeness (QED) is 0.786. The SMILES string of the molecule is CCC(C)(C)n1c(=O)[nH]c2ncnc(N)c21. The van der Waals surface area contributed by atoms with Crippen LogP contribution in [0.5, 0.6) is 0 Å². The molecule has 0 saturated carbocycles. The largest absolute Gasteiger partial charge is 0.382 e. The molecule has 0 unspecified atom stereocenters. The molecule has 0 radical (unpaired) electrons. The van der Waals surface area contributed by atoms with Crippen molar-refractivity contribution in [3.05, 3.63) is 16.8 Å². The van der Waals surface area contributed by atoms with Gasteiger partial charge < -0.3 is 5.73 Å². The predicted octanol–water partition coefficient (Wildman–Crippen LogP) is 0.847. The maximum absolute atomic E-state index is 11.9. The number of nitrogens with zero attached hydrogens (tertiary/aromatic N) is 3. The minimum atomic E-state index is -0.311. The zero-order valence-corrected chi connectivity index (χ0v) is 9.61. The summed E-state index contributed by atoms with van der Waals surface area (Å²) in [5.41, 5.74) is 6.35. The van der Waals surface area contributed by atoms with Gasteiger partial charge in [-0.25, -0.2) is 14.8 Å². The summed E-state index contributed by atoms with van der Waals surface area (Å²) < 4.78 is 1.62. The van der Waals surface area contributed by atoms with Crippen LogP contribution in [0.3, 0.4) is 0 Å². The van der Waals surface area contributed by atoms with Gasteiger partial charge in [0, 0.05) is 5.54 Å². The van der Waals surface area contributed by atoms with Crippen molar-refractivity contribution < 1.29 is 0 Å². The second kappa shape index (κ2) is 3.33. The molecular formula is C10H15N5O. The molecule has 16 heavy (non-hydrogen) atoms. The van der Waals surface area contributed by atoms with E-state index in [1.54, 1.807) is 4.57 Å². The molecule has 0 aliphatic heterocycles. The Hall–Kier alpha value is -1.85. The molecule has 0 aliphatic rings. The molecular weight excluding hydrogens is 206 g/mol. The molecule has 0 amide bonds. The second-order valence-electron chi connectivity index (χ2n) is 4.39. The van der Waals surface area contributed by atoms with Crippen molar-refractivity contribution in [1.29, 1.82) is 0 Å². The lowest BCUT2D eigenvalue weighted by molar-refractivity contribution is 0.343. The van der Waals surface area contributed by atoms with Crippen LogP contribution in [0.15, 0.2) is 11.1 Å². The van der Waals surface area contributed by atoms with Gasteiger partial charge in [-0.05, 0) is 20.3 Å². The Morgan fingerprint density at radius 3 is 2.81 bits per heavy atom. The molecule has 6 nitrogen and oxygen atoms in total. The number of anilines is 1. The number of aromatic nitrogens is 4. The van der Waals surface area contributed by atoms with Gasteiger partial charge >= 0.3 is 5.69 Å². The van der Waals surface area contributed by atoms with Crippen LogP contribution in [0.4, 0.5) is 5.82 Å². The van der Waals surface area contributed by atoms with E-state index in [0.29, 0.717) is 17.0 Å². The molecule has 0 aromatic carbocycles. The predicted molar refractivity (Wildman–Crippen MR) is 62.2 cm³/mol. The number of hydrogen-bond donors (Lipinski definition) is 2. The molecule has 2 rings (SSSR count). The number of nitrogens with one attached hydrogen (secondary N) is 1. The highest BCUT2D eigenvalue weighted by atomic mass is 16.1. The molecule has 0 spiro atoms. The monoisotopic (exact) mass is 221 g/mol. The zero-order valence-electron chi connectivity index (χ0n) is 9.61. The van der Waals surface area contributed by atoms with Crippen LogP contribution in [-0.4, -0.2) is 19.5 Å². The first-order valence-electron chi connectivity index (χ1n) is 5.19. The van der Waals surface area contributed by atoms with E-state index in [2.05, 4.69) is 15.0 Å². The molecule has 3 N–H and O–H groups in total. The fourth-order valence-electron chi connectivity index (χ4n) is 1.70. The number of rotatable bonds is 2. The zero-order chi connectivity index (χ0) is 11.9. The number of hydrogen-bond acceptors (Lipinski definition) is 4. The van der Waals surface area contributed by atoms with Crippen LogP contribution < -0.4 is 11.4 Å². The highest BCUT2D eigenvalue weighted by molar-refractivity contribution is 5.81. The summed E-state index contributed by atoms with van der Waals surface area (Å²) >= 11 is 0. The Morgan fingerprint density at radius 2 is 2.19 bits per heavy atom. The third-order valence-corrected chi connectivity index (χ3v) is 2.97. The van der Waals surface area contributed by atoms with E-state index in [1.807, 2.05) is 20.8 Å². The lowest BCUT2D eigenvalue weighted by Crippen LogP contribution is -2.34. The first-order chi connectivity index (χ1) is 7.47. The Balaban J connectivity index is 2.89. The van der Waals surface area contributed by atoms with Gasteiger partial charge in [0.25, 0.3) is 0 Å². The highest BCUT2D eigenvalue weighted by Gasteiger charge is 2.24. The minimum Gasteiger partial charge on any atom is -0.382 e. The maximum atomic E-state index is 11.9. The van der Waals surface area contributed by atoms with Gasteiger partial charge in [0.15, 0.2) is 11.5 Å². The Labute approximate surface area is 92.5 Å². The van der Waals surface area contributed by atoms with Crippen LogP contribution in [-0.2, 0) is 5.54 Å². The van der Waals surface area contributed by atoms with Gasteiger partial charge in [-0.1, -0.05) is 6.92 Å². The van der Waals surface area contributed by atoms with Gasteiger partial charge in [-0.2, -0.15) is 0 Å². The van der Waals surface area contributed by atoms with E-state index in [1.165, 1.54) is 6.33 Å². The lowest BCUT2D eigenvalue weighted by atomic mass is 10.0. The molecule has 0 bridgehead atoms. The number of imidazole rings is 1. The molecule has 2 heterocycles. The average molecular weight is 221 g/mol. The van der Waals surface area contributed by atoms with Crippen molar-refractivity contribution in [2.45, 2.75) is 32.7 Å². The number of fused-ring (bicyclic) bond motifs is 1. The first-order valence-corrected chi connectivity index (χ1v) is 5.19. The minimum absolute atomic E-state index is 0.200. The molecule has 2 aromatic heterocycles. The summed E-state index contributed by atoms with van der Waals surface area (Å²) in [6.45, 7) is 5.98. The molecule has 86 valence electrons. The summed E-state index contributed by atoms with van der Waals surface area (Å²) in [5, 5.41) is 0. The van der Waals surface area contributed by atoms with Crippen molar-refractivity contribution in [1.82, 2.24) is 19.5 Å². The third-order valence-electron chi connectivity index (χ3n) is 2.97. The molecule has 6 heteroatoms. The van der Waals surface area contributed by atoms with E-state index in [9.17, 15) is 4.79 Å². The van der Waals surface area contributed by atoms with Gasteiger partial charge in [-0.15, -0.1) is 0 Å². The third kappa shape index (κ3) is 1.37. The summed E-state index contributed by atoms with van der Waals surface area (Å²) in [7, 11) is 0. The Kier molecular flexibility index (Phi) is 2.22. The standard InChI is InChI=1S/C10H15N5O/c1-4-10(2,3)15-6-7(11)12-5-13-8(6)14-9(15)16/h5H,4H2,1-3H3,(H3,11,12,13,14,16). The van der Waals surface area contributed by atoms with E-state index in [-0.39, 0.29) is 11.2 Å². The summed E-state index contributed by atoms with van der Waals surface area (Å²) in [4.78, 5) is 22.5. The first kappa shape index (κ1) is 10.7.